The number of rotatable bonds is 3. The number of anilines is 1. The molecule has 9 nitrogen and oxygen atoms in total. The van der Waals surface area contributed by atoms with E-state index in [0.717, 1.165) is 4.90 Å². The summed E-state index contributed by atoms with van der Waals surface area (Å²) in [5.74, 6) is 0.0397. The number of nitrogens with two attached hydrogens (primary N) is 1. The van der Waals surface area contributed by atoms with E-state index in [2.05, 4.69) is 0 Å². The van der Waals surface area contributed by atoms with Gasteiger partial charge in [0.1, 0.15) is 5.82 Å². The Morgan fingerprint density at radius 2 is 1.96 bits per heavy atom. The predicted molar refractivity (Wildman–Crippen MR) is 90.7 cm³/mol. The molecule has 0 spiro atoms. The molecule has 1 saturated carbocycles. The average Bonchev–Trinajstić information content (AvgIpc) is 2.96. The Morgan fingerprint density at radius 1 is 1.30 bits per heavy atom. The number of halogens is 1. The van der Waals surface area contributed by atoms with Crippen LogP contribution in [-0.2, 0) is 4.74 Å². The summed E-state index contributed by atoms with van der Waals surface area (Å²) in [4.78, 5) is 37.9. The number of cyclic esters (lactones) is 1. The monoisotopic (exact) mass is 378 g/mol. The fourth-order valence-corrected chi connectivity index (χ4v) is 4.11. The highest BCUT2D eigenvalue weighted by Gasteiger charge is 2.57. The highest BCUT2D eigenvalue weighted by Crippen LogP contribution is 2.58. The largest absolute Gasteiger partial charge is 0.465 e. The smallest absolute Gasteiger partial charge is 0.416 e. The Balaban J connectivity index is 1.47. The van der Waals surface area contributed by atoms with E-state index >= 15 is 0 Å². The van der Waals surface area contributed by atoms with Crippen molar-refractivity contribution in [3.05, 3.63) is 29.6 Å². The molecule has 3 N–H and O–H groups in total. The number of urea groups is 1. The topological polar surface area (TPSA) is 116 Å². The molecule has 144 valence electrons. The molecule has 1 aliphatic carbocycles. The summed E-state index contributed by atoms with van der Waals surface area (Å²) in [5.41, 5.74) is 6.14. The van der Waals surface area contributed by atoms with Crippen LogP contribution in [-0.4, -0.2) is 66.0 Å². The molecule has 2 aliphatic heterocycles. The SMILES string of the molecule is CN(C(=O)O)[C@@H]1CN(c2ccc(C3[C@H]4CN(C(N)=O)C[C@@H]34)c(F)c2)C(=O)O1. The van der Waals surface area contributed by atoms with E-state index in [4.69, 9.17) is 15.6 Å². The van der Waals surface area contributed by atoms with Gasteiger partial charge in [-0.1, -0.05) is 6.07 Å². The molecule has 0 aromatic heterocycles. The number of hydrogen-bond donors (Lipinski definition) is 2. The molecule has 3 aliphatic rings. The zero-order valence-corrected chi connectivity index (χ0v) is 14.5. The third kappa shape index (κ3) is 2.81. The van der Waals surface area contributed by atoms with Crippen LogP contribution in [0.2, 0.25) is 0 Å². The number of carboxylic acid groups (broad SMARTS) is 1. The van der Waals surface area contributed by atoms with E-state index in [1.165, 1.54) is 18.0 Å². The third-order valence-corrected chi connectivity index (χ3v) is 5.69. The summed E-state index contributed by atoms with van der Waals surface area (Å²) < 4.78 is 19.7. The van der Waals surface area contributed by atoms with Gasteiger partial charge in [0.15, 0.2) is 6.23 Å². The fourth-order valence-electron chi connectivity index (χ4n) is 4.11. The lowest BCUT2D eigenvalue weighted by Crippen LogP contribution is -2.38. The van der Waals surface area contributed by atoms with Crippen molar-refractivity contribution in [2.45, 2.75) is 12.1 Å². The molecule has 2 saturated heterocycles. The first-order valence-electron chi connectivity index (χ1n) is 8.55. The molecule has 1 unspecified atom stereocenters. The summed E-state index contributed by atoms with van der Waals surface area (Å²) in [7, 11) is 1.30. The number of amides is 4. The van der Waals surface area contributed by atoms with Crippen molar-refractivity contribution in [3.8, 4) is 0 Å². The zero-order valence-electron chi connectivity index (χ0n) is 14.5. The van der Waals surface area contributed by atoms with Crippen molar-refractivity contribution in [1.29, 1.82) is 0 Å². The third-order valence-electron chi connectivity index (χ3n) is 5.69. The number of carbonyl (C=O) groups excluding carboxylic acids is 2. The van der Waals surface area contributed by atoms with Gasteiger partial charge in [0.05, 0.1) is 12.2 Å². The molecular weight excluding hydrogens is 359 g/mol. The number of benzene rings is 1. The van der Waals surface area contributed by atoms with Gasteiger partial charge in [0.2, 0.25) is 0 Å². The maximum absolute atomic E-state index is 14.7. The van der Waals surface area contributed by atoms with Crippen LogP contribution in [0.1, 0.15) is 11.5 Å². The molecule has 1 aromatic carbocycles. The molecule has 27 heavy (non-hydrogen) atoms. The van der Waals surface area contributed by atoms with Crippen LogP contribution >= 0.6 is 0 Å². The highest BCUT2D eigenvalue weighted by molar-refractivity contribution is 5.90. The number of piperidine rings is 1. The highest BCUT2D eigenvalue weighted by atomic mass is 19.1. The minimum absolute atomic E-state index is 0.0112. The molecule has 0 radical (unpaired) electrons. The lowest BCUT2D eigenvalue weighted by Gasteiger charge is -2.19. The normalized spacial score (nSPS) is 28.7. The minimum atomic E-state index is -1.22. The van der Waals surface area contributed by atoms with Crippen molar-refractivity contribution in [2.75, 3.05) is 31.6 Å². The van der Waals surface area contributed by atoms with Gasteiger partial charge < -0.3 is 20.5 Å². The number of likely N-dealkylation sites (N-methyl/N-ethyl adjacent to an activating group) is 1. The standard InChI is InChI=1S/C17H19FN4O5/c1-20(16(24)25)13-7-22(17(26)27-13)8-2-3-9(12(18)4-8)14-10-5-21(15(19)23)6-11(10)14/h2-4,10-11,13-14H,5-7H2,1H3,(H2,19,23)(H,24,25)/t10-,11+,13-,14?/m0/s1. The van der Waals surface area contributed by atoms with Crippen LogP contribution in [0, 0.1) is 17.7 Å². The average molecular weight is 378 g/mol. The fraction of sp³-hybridized carbons (Fsp3) is 0.471. The molecule has 4 rings (SSSR count). The number of hydrogen-bond acceptors (Lipinski definition) is 4. The lowest BCUT2D eigenvalue weighted by atomic mass is 10.1. The van der Waals surface area contributed by atoms with Crippen LogP contribution in [0.3, 0.4) is 0 Å². The van der Waals surface area contributed by atoms with E-state index in [-0.39, 0.29) is 24.3 Å². The second-order valence-electron chi connectivity index (χ2n) is 7.15. The van der Waals surface area contributed by atoms with E-state index < -0.39 is 30.3 Å². The molecule has 4 atom stereocenters. The minimum Gasteiger partial charge on any atom is -0.465 e. The molecule has 0 bridgehead atoms. The van der Waals surface area contributed by atoms with Gasteiger partial charge in [0, 0.05) is 20.1 Å². The number of likely N-dealkylation sites (tertiary alicyclic amines) is 1. The summed E-state index contributed by atoms with van der Waals surface area (Å²) in [6, 6.07) is 4.08. The van der Waals surface area contributed by atoms with Crippen molar-refractivity contribution in [2.24, 2.45) is 17.6 Å². The number of nitrogens with zero attached hydrogens (tertiary/aromatic N) is 3. The molecule has 3 fully saturated rings. The molecule has 1 aromatic rings. The molecule has 2 heterocycles. The lowest BCUT2D eigenvalue weighted by molar-refractivity contribution is 0.0415. The van der Waals surface area contributed by atoms with Crippen LogP contribution in [0.5, 0.6) is 0 Å². The Labute approximate surface area is 154 Å². The Morgan fingerprint density at radius 3 is 2.52 bits per heavy atom. The predicted octanol–water partition coefficient (Wildman–Crippen LogP) is 1.44. The van der Waals surface area contributed by atoms with Crippen LogP contribution < -0.4 is 10.6 Å². The van der Waals surface area contributed by atoms with Gasteiger partial charge in [-0.2, -0.15) is 0 Å². The van der Waals surface area contributed by atoms with Crippen LogP contribution in [0.25, 0.3) is 0 Å². The zero-order chi connectivity index (χ0) is 19.5. The second kappa shape index (κ2) is 6.00. The van der Waals surface area contributed by atoms with Crippen LogP contribution in [0.15, 0.2) is 18.2 Å². The number of carbonyl (C=O) groups is 3. The van der Waals surface area contributed by atoms with Crippen molar-refractivity contribution < 1.29 is 28.6 Å². The number of ether oxygens (including phenoxy) is 1. The molecule has 4 amide bonds. The summed E-state index contributed by atoms with van der Waals surface area (Å²) in [5, 5.41) is 8.99. The van der Waals surface area contributed by atoms with Crippen molar-refractivity contribution >= 4 is 23.9 Å². The van der Waals surface area contributed by atoms with Gasteiger partial charge in [-0.3, -0.25) is 9.80 Å². The second-order valence-corrected chi connectivity index (χ2v) is 7.15. The first-order chi connectivity index (χ1) is 12.8. The summed E-state index contributed by atoms with van der Waals surface area (Å²) in [6.07, 6.45) is -2.89. The van der Waals surface area contributed by atoms with Gasteiger partial charge in [-0.15, -0.1) is 0 Å². The van der Waals surface area contributed by atoms with E-state index in [1.807, 2.05) is 0 Å². The van der Waals surface area contributed by atoms with E-state index in [0.29, 0.717) is 24.3 Å². The van der Waals surface area contributed by atoms with Crippen LogP contribution in [0.4, 0.5) is 24.5 Å². The van der Waals surface area contributed by atoms with Gasteiger partial charge in [-0.25, -0.2) is 18.8 Å². The number of primary amides is 1. The Kier molecular flexibility index (Phi) is 3.86. The quantitative estimate of drug-likeness (QED) is 0.826. The first kappa shape index (κ1) is 17.4. The van der Waals surface area contributed by atoms with Gasteiger partial charge in [-0.05, 0) is 35.4 Å². The Bertz CT molecular complexity index is 822. The maximum atomic E-state index is 14.7. The van der Waals surface area contributed by atoms with Crippen molar-refractivity contribution in [3.63, 3.8) is 0 Å². The summed E-state index contributed by atoms with van der Waals surface area (Å²) >= 11 is 0. The number of fused-ring (bicyclic) bond motifs is 1. The maximum Gasteiger partial charge on any atom is 0.416 e. The molecular formula is C17H19FN4O5. The Hall–Kier alpha value is -3.04. The molecule has 10 heteroatoms. The van der Waals surface area contributed by atoms with E-state index in [1.54, 1.807) is 17.0 Å². The van der Waals surface area contributed by atoms with Gasteiger partial charge >= 0.3 is 18.2 Å². The summed E-state index contributed by atoms with van der Waals surface area (Å²) in [6.45, 7) is 1.06. The first-order valence-corrected chi connectivity index (χ1v) is 8.55. The van der Waals surface area contributed by atoms with Crippen molar-refractivity contribution in [1.82, 2.24) is 9.80 Å². The van der Waals surface area contributed by atoms with E-state index in [9.17, 15) is 18.8 Å². The van der Waals surface area contributed by atoms with Gasteiger partial charge in [0.25, 0.3) is 0 Å².